The van der Waals surface area contributed by atoms with E-state index in [9.17, 15) is 0 Å². The van der Waals surface area contributed by atoms with Gasteiger partial charge in [-0.2, -0.15) is 0 Å². The highest BCUT2D eigenvalue weighted by Gasteiger charge is 2.13. The van der Waals surface area contributed by atoms with Crippen molar-refractivity contribution < 1.29 is 4.74 Å². The van der Waals surface area contributed by atoms with Gasteiger partial charge in [-0.25, -0.2) is 0 Å². The average Bonchev–Trinajstić information content (AvgIpc) is 1.59. The van der Waals surface area contributed by atoms with E-state index in [0.717, 1.165) is 0 Å². The quantitative estimate of drug-likeness (QED) is 0.532. The van der Waals surface area contributed by atoms with Crippen LogP contribution in [0.25, 0.3) is 0 Å². The van der Waals surface area contributed by atoms with Gasteiger partial charge in [-0.3, -0.25) is 0 Å². The maximum atomic E-state index is 5.48. The molecule has 0 amide bonds. The second-order valence-electron chi connectivity index (χ2n) is 3.27. The van der Waals surface area contributed by atoms with Gasteiger partial charge in [0, 0.05) is 0 Å². The predicted molar refractivity (Wildman–Crippen MR) is 43.4 cm³/mol. The summed E-state index contributed by atoms with van der Waals surface area (Å²) in [6.45, 7) is 7.96. The Labute approximate surface area is 63.8 Å². The van der Waals surface area contributed by atoms with Gasteiger partial charge in [0.2, 0.25) is 0 Å². The highest BCUT2D eigenvalue weighted by Crippen LogP contribution is 2.11. The van der Waals surface area contributed by atoms with Gasteiger partial charge in [0.1, 0.15) is 0 Å². The molecule has 57 valence electrons. The normalized spacial score (nSPS) is 14.3. The highest BCUT2D eigenvalue weighted by atomic mass is 16.5. The smallest absolute Gasteiger partial charge is 0.0704 e. The second kappa shape index (κ2) is 3.63. The molecule has 0 heterocycles. The first-order valence-electron chi connectivity index (χ1n) is 3.43. The van der Waals surface area contributed by atoms with Crippen molar-refractivity contribution in [2.45, 2.75) is 39.4 Å². The largest absolute Gasteiger partial charge is 0.372 e. The van der Waals surface area contributed by atoms with E-state index in [1.165, 1.54) is 0 Å². The van der Waals surface area contributed by atoms with E-state index >= 15 is 0 Å². The summed E-state index contributed by atoms with van der Waals surface area (Å²) >= 11 is 0. The van der Waals surface area contributed by atoms with Gasteiger partial charge in [0.05, 0.1) is 18.1 Å². The van der Waals surface area contributed by atoms with E-state index in [-0.39, 0.29) is 11.7 Å². The maximum Gasteiger partial charge on any atom is 0.0704 e. The molecule has 1 unspecified atom stereocenters. The fourth-order valence-electron chi connectivity index (χ4n) is 0.727. The minimum absolute atomic E-state index is 0.0463. The van der Waals surface area contributed by atoms with Crippen LogP contribution < -0.4 is 0 Å². The van der Waals surface area contributed by atoms with E-state index < -0.39 is 0 Å². The van der Waals surface area contributed by atoms with Gasteiger partial charge in [-0.1, -0.05) is 5.92 Å². The lowest BCUT2D eigenvalue weighted by molar-refractivity contribution is -0.0344. The summed E-state index contributed by atoms with van der Waals surface area (Å²) in [6.07, 6.45) is 6.81. The number of hydrogen-bond acceptors (Lipinski definition) is 1. The third-order valence-corrected chi connectivity index (χ3v) is 0.870. The first-order valence-corrected chi connectivity index (χ1v) is 3.43. The number of terminal acetylenes is 1. The molecular weight excluding hydrogens is 124 g/mol. The maximum absolute atomic E-state index is 5.48. The van der Waals surface area contributed by atoms with Crippen molar-refractivity contribution in [1.29, 1.82) is 0 Å². The molecule has 0 saturated heterocycles. The van der Waals surface area contributed by atoms with Crippen LogP contribution in [0.5, 0.6) is 0 Å². The summed E-state index contributed by atoms with van der Waals surface area (Å²) in [5.41, 5.74) is -0.104. The van der Waals surface area contributed by atoms with Crippen molar-refractivity contribution in [2.75, 3.05) is 0 Å². The van der Waals surface area contributed by atoms with Crippen LogP contribution >= 0.6 is 0 Å². The summed E-state index contributed by atoms with van der Waals surface area (Å²) in [4.78, 5) is 0. The molecule has 0 aromatic carbocycles. The zero-order valence-electron chi connectivity index (χ0n) is 7.14. The molecule has 0 aliphatic rings. The zero-order valence-corrected chi connectivity index (χ0v) is 7.14. The zero-order chi connectivity index (χ0) is 8.20. The van der Waals surface area contributed by atoms with Crippen molar-refractivity contribution >= 4 is 0 Å². The summed E-state index contributed by atoms with van der Waals surface area (Å²) < 4.78 is 5.48. The van der Waals surface area contributed by atoms with E-state index in [2.05, 4.69) is 5.92 Å². The molecular formula is C9H15O. The Morgan fingerprint density at radius 1 is 1.50 bits per heavy atom. The molecule has 0 rings (SSSR count). The van der Waals surface area contributed by atoms with Gasteiger partial charge in [-0.05, 0) is 27.7 Å². The second-order valence-corrected chi connectivity index (χ2v) is 3.27. The first kappa shape index (κ1) is 9.52. The topological polar surface area (TPSA) is 9.23 Å². The Bertz CT molecular complexity index is 125. The van der Waals surface area contributed by atoms with Crippen molar-refractivity contribution in [3.05, 3.63) is 6.42 Å². The van der Waals surface area contributed by atoms with Crippen LogP contribution in [-0.2, 0) is 4.74 Å². The van der Waals surface area contributed by atoms with Crippen LogP contribution in [0.15, 0.2) is 0 Å². The molecule has 0 spiro atoms. The minimum atomic E-state index is -0.104. The van der Waals surface area contributed by atoms with E-state index in [1.54, 1.807) is 6.42 Å². The molecule has 1 heteroatoms. The van der Waals surface area contributed by atoms with E-state index in [1.807, 2.05) is 27.7 Å². The molecule has 1 radical (unpaired) electrons. The monoisotopic (exact) mass is 139 g/mol. The summed E-state index contributed by atoms with van der Waals surface area (Å²) in [6, 6.07) is 0. The number of ether oxygens (including phenoxy) is 1. The van der Waals surface area contributed by atoms with E-state index in [4.69, 9.17) is 11.2 Å². The molecule has 0 N–H and O–H groups in total. The van der Waals surface area contributed by atoms with Crippen LogP contribution in [0.3, 0.4) is 0 Å². The predicted octanol–water partition coefficient (Wildman–Crippen LogP) is 2.03. The lowest BCUT2D eigenvalue weighted by Gasteiger charge is -2.23. The SMILES string of the molecule is C#C[CH]C(C)OC(C)(C)C. The van der Waals surface area contributed by atoms with Crippen molar-refractivity contribution in [2.24, 2.45) is 0 Å². The molecule has 0 bridgehead atoms. The Morgan fingerprint density at radius 2 is 2.00 bits per heavy atom. The van der Waals surface area contributed by atoms with Gasteiger partial charge < -0.3 is 4.74 Å². The molecule has 0 saturated carbocycles. The first-order chi connectivity index (χ1) is 4.45. The molecule has 0 aromatic rings. The summed E-state index contributed by atoms with van der Waals surface area (Å²) in [5.74, 6) is 2.44. The fraction of sp³-hybridized carbons (Fsp3) is 0.667. The molecule has 0 aliphatic heterocycles. The van der Waals surface area contributed by atoms with Gasteiger partial charge in [0.15, 0.2) is 0 Å². The molecule has 1 atom stereocenters. The van der Waals surface area contributed by atoms with Gasteiger partial charge >= 0.3 is 0 Å². The lowest BCUT2D eigenvalue weighted by Crippen LogP contribution is -2.25. The fourth-order valence-corrected chi connectivity index (χ4v) is 0.727. The third kappa shape index (κ3) is 5.65. The molecule has 0 fully saturated rings. The molecule has 1 nitrogen and oxygen atoms in total. The molecule has 0 aromatic heterocycles. The van der Waals surface area contributed by atoms with Crippen LogP contribution in [0.1, 0.15) is 27.7 Å². The standard InChI is InChI=1S/C9H15O/c1-6-7-8(2)10-9(3,4)5/h1,7-8H,2-5H3. The summed E-state index contributed by atoms with van der Waals surface area (Å²) in [7, 11) is 0. The molecule has 0 aliphatic carbocycles. The Kier molecular flexibility index (Phi) is 3.46. The van der Waals surface area contributed by atoms with Crippen molar-refractivity contribution in [1.82, 2.24) is 0 Å². The third-order valence-electron chi connectivity index (χ3n) is 0.870. The average molecular weight is 139 g/mol. The Morgan fingerprint density at radius 3 is 2.30 bits per heavy atom. The lowest BCUT2D eigenvalue weighted by atomic mass is 10.2. The number of hydrogen-bond donors (Lipinski definition) is 0. The van der Waals surface area contributed by atoms with Gasteiger partial charge in [0.25, 0.3) is 0 Å². The van der Waals surface area contributed by atoms with Crippen LogP contribution in [0, 0.1) is 18.8 Å². The highest BCUT2D eigenvalue weighted by molar-refractivity contribution is 5.04. The Hall–Kier alpha value is -0.480. The van der Waals surface area contributed by atoms with Crippen molar-refractivity contribution in [3.63, 3.8) is 0 Å². The minimum Gasteiger partial charge on any atom is -0.372 e. The van der Waals surface area contributed by atoms with Crippen LogP contribution in [0.2, 0.25) is 0 Å². The van der Waals surface area contributed by atoms with Crippen LogP contribution in [-0.4, -0.2) is 11.7 Å². The summed E-state index contributed by atoms with van der Waals surface area (Å²) in [5, 5.41) is 0. The van der Waals surface area contributed by atoms with Crippen LogP contribution in [0.4, 0.5) is 0 Å². The Balaban J connectivity index is 3.60. The van der Waals surface area contributed by atoms with Gasteiger partial charge in [-0.15, -0.1) is 6.42 Å². The number of rotatable bonds is 2. The van der Waals surface area contributed by atoms with Crippen molar-refractivity contribution in [3.8, 4) is 12.3 Å². The van der Waals surface area contributed by atoms with E-state index in [0.29, 0.717) is 0 Å². The molecule has 10 heavy (non-hydrogen) atoms.